The molecule has 0 bridgehead atoms. The van der Waals surface area contributed by atoms with Crippen LogP contribution in [-0.4, -0.2) is 23.5 Å². The van der Waals surface area contributed by atoms with Gasteiger partial charge >= 0.3 is 5.97 Å². The van der Waals surface area contributed by atoms with Crippen LogP contribution in [0.4, 0.5) is 0 Å². The first-order chi connectivity index (χ1) is 11.0. The van der Waals surface area contributed by atoms with Crippen LogP contribution >= 0.6 is 0 Å². The van der Waals surface area contributed by atoms with E-state index in [2.05, 4.69) is 24.4 Å². The molecule has 2 N–H and O–H groups in total. The summed E-state index contributed by atoms with van der Waals surface area (Å²) >= 11 is 0. The van der Waals surface area contributed by atoms with Crippen LogP contribution in [0.1, 0.15) is 39.9 Å². The lowest BCUT2D eigenvalue weighted by atomic mass is 9.99. The number of carbonyl (C=O) groups excluding carboxylic acids is 1. The van der Waals surface area contributed by atoms with E-state index in [1.54, 1.807) is 24.3 Å². The van der Waals surface area contributed by atoms with Gasteiger partial charge in [0, 0.05) is 12.1 Å². The van der Waals surface area contributed by atoms with E-state index in [1.165, 1.54) is 11.1 Å². The summed E-state index contributed by atoms with van der Waals surface area (Å²) in [7, 11) is 0. The lowest BCUT2D eigenvalue weighted by Crippen LogP contribution is -2.27. The zero-order valence-corrected chi connectivity index (χ0v) is 13.4. The van der Waals surface area contributed by atoms with E-state index in [0.717, 1.165) is 0 Å². The number of nitrogens with one attached hydrogen (secondary N) is 1. The highest BCUT2D eigenvalue weighted by Crippen LogP contribution is 2.15. The van der Waals surface area contributed by atoms with Gasteiger partial charge in [-0.05, 0) is 36.1 Å². The van der Waals surface area contributed by atoms with Crippen molar-refractivity contribution in [2.24, 2.45) is 0 Å². The maximum atomic E-state index is 12.2. The summed E-state index contributed by atoms with van der Waals surface area (Å²) in [6, 6.07) is 14.9. The highest BCUT2D eigenvalue weighted by atomic mass is 16.4. The molecular weight excluding hydrogens is 290 g/mol. The van der Waals surface area contributed by atoms with E-state index < -0.39 is 5.97 Å². The third-order valence-corrected chi connectivity index (χ3v) is 3.75. The zero-order chi connectivity index (χ0) is 16.8. The molecule has 0 aliphatic heterocycles. The molecule has 0 aromatic heterocycles. The van der Waals surface area contributed by atoms with Crippen LogP contribution < -0.4 is 5.32 Å². The van der Waals surface area contributed by atoms with E-state index >= 15 is 0 Å². The highest BCUT2D eigenvalue weighted by Gasteiger charge is 2.10. The second kappa shape index (κ2) is 7.58. The summed E-state index contributed by atoms with van der Waals surface area (Å²) < 4.78 is 0. The number of rotatable bonds is 6. The highest BCUT2D eigenvalue weighted by molar-refractivity contribution is 5.94. The third-order valence-electron chi connectivity index (χ3n) is 3.75. The minimum absolute atomic E-state index is 0.0354. The number of amides is 1. The Hall–Kier alpha value is -2.62. The predicted molar refractivity (Wildman–Crippen MR) is 89.7 cm³/mol. The van der Waals surface area contributed by atoms with Crippen molar-refractivity contribution >= 4 is 11.9 Å². The van der Waals surface area contributed by atoms with Gasteiger partial charge in [0.15, 0.2) is 0 Å². The van der Waals surface area contributed by atoms with Crippen LogP contribution in [0.15, 0.2) is 48.5 Å². The number of aliphatic carboxylic acids is 1. The average molecular weight is 311 g/mol. The van der Waals surface area contributed by atoms with Gasteiger partial charge in [-0.3, -0.25) is 9.59 Å². The van der Waals surface area contributed by atoms with Crippen LogP contribution in [0.2, 0.25) is 0 Å². The Morgan fingerprint density at radius 1 is 1.13 bits per heavy atom. The Kier molecular flexibility index (Phi) is 5.52. The number of carbonyl (C=O) groups is 2. The van der Waals surface area contributed by atoms with Gasteiger partial charge < -0.3 is 10.4 Å². The van der Waals surface area contributed by atoms with Crippen molar-refractivity contribution in [1.29, 1.82) is 0 Å². The zero-order valence-electron chi connectivity index (χ0n) is 13.4. The predicted octanol–water partition coefficient (Wildman–Crippen LogP) is 3.16. The van der Waals surface area contributed by atoms with E-state index in [9.17, 15) is 9.59 Å². The lowest BCUT2D eigenvalue weighted by Gasteiger charge is -2.14. The van der Waals surface area contributed by atoms with Crippen LogP contribution in [0.5, 0.6) is 0 Å². The van der Waals surface area contributed by atoms with E-state index in [0.29, 0.717) is 17.7 Å². The maximum absolute atomic E-state index is 12.2. The fourth-order valence-corrected chi connectivity index (χ4v) is 2.39. The normalized spacial score (nSPS) is 11.7. The van der Waals surface area contributed by atoms with Crippen LogP contribution in [0.3, 0.4) is 0 Å². The minimum atomic E-state index is -0.880. The molecule has 2 rings (SSSR count). The van der Waals surface area contributed by atoms with Crippen molar-refractivity contribution < 1.29 is 14.7 Å². The Bertz CT molecular complexity index is 692. The van der Waals surface area contributed by atoms with Gasteiger partial charge in [-0.15, -0.1) is 0 Å². The van der Waals surface area contributed by atoms with Gasteiger partial charge in [-0.25, -0.2) is 0 Å². The smallest absolute Gasteiger partial charge is 0.307 e. The Labute approximate surface area is 136 Å². The van der Waals surface area contributed by atoms with Crippen molar-refractivity contribution in [3.05, 3.63) is 70.8 Å². The van der Waals surface area contributed by atoms with Crippen molar-refractivity contribution in [1.82, 2.24) is 5.32 Å². The van der Waals surface area contributed by atoms with E-state index in [-0.39, 0.29) is 18.2 Å². The first-order valence-corrected chi connectivity index (χ1v) is 7.61. The molecule has 0 radical (unpaired) electrons. The summed E-state index contributed by atoms with van der Waals surface area (Å²) in [6.07, 6.45) is -0.0354. The number of benzene rings is 2. The molecule has 0 fully saturated rings. The SMILES string of the molecule is Cc1cccc(C(C)CNC(=O)c2ccc(CC(=O)O)cc2)c1. The molecule has 4 heteroatoms. The number of hydrogen-bond donors (Lipinski definition) is 2. The lowest BCUT2D eigenvalue weighted by molar-refractivity contribution is -0.136. The van der Waals surface area contributed by atoms with Crippen molar-refractivity contribution in [3.63, 3.8) is 0 Å². The topological polar surface area (TPSA) is 66.4 Å². The fourth-order valence-electron chi connectivity index (χ4n) is 2.39. The molecule has 0 aliphatic rings. The van der Waals surface area contributed by atoms with Gasteiger partial charge in [0.05, 0.1) is 6.42 Å². The molecule has 1 atom stereocenters. The largest absolute Gasteiger partial charge is 0.481 e. The molecule has 0 saturated heterocycles. The molecule has 0 heterocycles. The number of hydrogen-bond acceptors (Lipinski definition) is 2. The van der Waals surface area contributed by atoms with Crippen molar-refractivity contribution in [2.75, 3.05) is 6.54 Å². The molecule has 2 aromatic carbocycles. The molecule has 120 valence electrons. The standard InChI is InChI=1S/C19H21NO3/c1-13-4-3-5-17(10-13)14(2)12-20-19(23)16-8-6-15(7-9-16)11-18(21)22/h3-10,14H,11-12H2,1-2H3,(H,20,23)(H,21,22). The van der Waals surface area contributed by atoms with Crippen LogP contribution in [0.25, 0.3) is 0 Å². The Balaban J connectivity index is 1.92. The molecule has 2 aromatic rings. The first kappa shape index (κ1) is 16.7. The molecular formula is C19H21NO3. The molecule has 0 spiro atoms. The maximum Gasteiger partial charge on any atom is 0.307 e. The van der Waals surface area contributed by atoms with Gasteiger partial charge in [0.25, 0.3) is 5.91 Å². The van der Waals surface area contributed by atoms with Gasteiger partial charge in [-0.2, -0.15) is 0 Å². The average Bonchev–Trinajstić information content (AvgIpc) is 2.52. The monoisotopic (exact) mass is 311 g/mol. The summed E-state index contributed by atoms with van der Waals surface area (Å²) in [6.45, 7) is 4.68. The quantitative estimate of drug-likeness (QED) is 0.861. The van der Waals surface area contributed by atoms with Crippen LogP contribution in [-0.2, 0) is 11.2 Å². The molecule has 23 heavy (non-hydrogen) atoms. The van der Waals surface area contributed by atoms with Crippen molar-refractivity contribution in [3.8, 4) is 0 Å². The third kappa shape index (κ3) is 4.95. The Morgan fingerprint density at radius 3 is 2.43 bits per heavy atom. The summed E-state index contributed by atoms with van der Waals surface area (Å²) in [5.41, 5.74) is 3.62. The number of carboxylic acids is 1. The molecule has 4 nitrogen and oxygen atoms in total. The van der Waals surface area contributed by atoms with E-state index in [1.807, 2.05) is 19.1 Å². The second-order valence-electron chi connectivity index (χ2n) is 5.79. The molecule has 1 unspecified atom stereocenters. The fraction of sp³-hybridized carbons (Fsp3) is 0.263. The van der Waals surface area contributed by atoms with Crippen LogP contribution in [0, 0.1) is 6.92 Å². The van der Waals surface area contributed by atoms with Crippen molar-refractivity contribution in [2.45, 2.75) is 26.2 Å². The molecule has 0 saturated carbocycles. The Morgan fingerprint density at radius 2 is 1.83 bits per heavy atom. The van der Waals surface area contributed by atoms with Gasteiger partial charge in [0.1, 0.15) is 0 Å². The van der Waals surface area contributed by atoms with E-state index in [4.69, 9.17) is 5.11 Å². The van der Waals surface area contributed by atoms with Gasteiger partial charge in [-0.1, -0.05) is 48.9 Å². The number of aryl methyl sites for hydroxylation is 1. The number of carboxylic acid groups (broad SMARTS) is 1. The summed E-state index contributed by atoms with van der Waals surface area (Å²) in [5, 5.41) is 11.7. The second-order valence-corrected chi connectivity index (χ2v) is 5.79. The molecule has 1 amide bonds. The van der Waals surface area contributed by atoms with Gasteiger partial charge in [0.2, 0.25) is 0 Å². The molecule has 0 aliphatic carbocycles. The summed E-state index contributed by atoms with van der Waals surface area (Å²) in [4.78, 5) is 22.8. The first-order valence-electron chi connectivity index (χ1n) is 7.61. The minimum Gasteiger partial charge on any atom is -0.481 e. The summed E-state index contributed by atoms with van der Waals surface area (Å²) in [5.74, 6) is -0.800.